The van der Waals surface area contributed by atoms with Crippen molar-refractivity contribution in [2.75, 3.05) is 46.5 Å². The predicted octanol–water partition coefficient (Wildman–Crippen LogP) is 6.23. The van der Waals surface area contributed by atoms with Gasteiger partial charge in [-0.15, -0.1) is 5.06 Å². The van der Waals surface area contributed by atoms with Crippen molar-refractivity contribution in [2.45, 2.75) is 108 Å². The molecule has 5 aliphatic heterocycles. The number of carbonyl (C=O) groups is 8. The highest BCUT2D eigenvalue weighted by Crippen LogP contribution is 2.44. The summed E-state index contributed by atoms with van der Waals surface area (Å²) in [7, 11) is 2.98. The number of thiol groups is 1. The average molecular weight is 1110 g/mol. The molecule has 7 amide bonds. The number of amides is 7. The second kappa shape index (κ2) is 23.3. The first-order valence-corrected chi connectivity index (χ1v) is 26.9. The van der Waals surface area contributed by atoms with Crippen LogP contribution in [0.4, 0.5) is 28.4 Å². The van der Waals surface area contributed by atoms with E-state index < -0.39 is 53.0 Å². The van der Waals surface area contributed by atoms with Gasteiger partial charge in [0, 0.05) is 61.4 Å². The van der Waals surface area contributed by atoms with Crippen molar-refractivity contribution in [2.24, 2.45) is 0 Å². The molecule has 5 aliphatic rings. The number of nitrogens with zero attached hydrogens (tertiary/aromatic N) is 3. The van der Waals surface area contributed by atoms with Gasteiger partial charge in [0.25, 0.3) is 23.6 Å². The van der Waals surface area contributed by atoms with E-state index in [1.807, 2.05) is 59.5 Å². The van der Waals surface area contributed by atoms with Gasteiger partial charge in [-0.05, 0) is 104 Å². The van der Waals surface area contributed by atoms with Crippen molar-refractivity contribution >= 4 is 88.4 Å². The smallest absolute Gasteiger partial charge is 0.333 e. The van der Waals surface area contributed by atoms with Crippen LogP contribution in [0.1, 0.15) is 95.3 Å². The molecule has 0 bridgehead atoms. The fourth-order valence-electron chi connectivity index (χ4n) is 10.6. The van der Waals surface area contributed by atoms with Gasteiger partial charge in [0.2, 0.25) is 17.7 Å². The van der Waals surface area contributed by atoms with Crippen molar-refractivity contribution in [3.05, 3.63) is 124 Å². The van der Waals surface area contributed by atoms with Gasteiger partial charge in [-0.1, -0.05) is 36.4 Å². The van der Waals surface area contributed by atoms with E-state index in [1.54, 1.807) is 41.3 Å². The zero-order valence-corrected chi connectivity index (χ0v) is 45.3. The van der Waals surface area contributed by atoms with Gasteiger partial charge in [0.15, 0.2) is 23.0 Å². The lowest BCUT2D eigenvalue weighted by atomic mass is 10.1. The molecule has 0 aromatic heterocycles. The third-order valence-corrected chi connectivity index (χ3v) is 15.1. The first-order chi connectivity index (χ1) is 38.6. The van der Waals surface area contributed by atoms with Crippen molar-refractivity contribution in [1.29, 1.82) is 0 Å². The maximum Gasteiger partial charge on any atom is 0.333 e. The third-order valence-electron chi connectivity index (χ3n) is 14.7. The minimum Gasteiger partial charge on any atom is -0.493 e. The SMILES string of the molecule is COc1cc2c(cc1OCc1cc(COc3cc4c(cc3OC)C(=O)N3c5ccccc5C[C@@H]3C(S)N4)cc(NC(=O)[C@H](C)NC(=O)[C@H](C)NC(=O)CCCCC(=O)ON3C(=O)CCC3=O)c1)NC[C@H]1Cc3ccccc3N1C2=O. The van der Waals surface area contributed by atoms with Gasteiger partial charge in [0.1, 0.15) is 25.3 Å². The molecular formula is C58H60N8O13S. The van der Waals surface area contributed by atoms with Crippen LogP contribution >= 0.6 is 12.6 Å². The number of hydrogen-bond donors (Lipinski definition) is 6. The van der Waals surface area contributed by atoms with Crippen LogP contribution in [0.5, 0.6) is 23.0 Å². The quantitative estimate of drug-likeness (QED) is 0.0305. The minimum atomic E-state index is -1.08. The molecule has 80 heavy (non-hydrogen) atoms. The second-order valence-corrected chi connectivity index (χ2v) is 20.7. The van der Waals surface area contributed by atoms with Gasteiger partial charge >= 0.3 is 5.97 Å². The lowest BCUT2D eigenvalue weighted by Crippen LogP contribution is -2.50. The molecule has 0 spiro atoms. The summed E-state index contributed by atoms with van der Waals surface area (Å²) in [6, 6.07) is 25.3. The number of ether oxygens (including phenoxy) is 4. The summed E-state index contributed by atoms with van der Waals surface area (Å²) in [5.74, 6) is -2.65. The van der Waals surface area contributed by atoms with Crippen LogP contribution in [-0.2, 0) is 59.7 Å². The Balaban J connectivity index is 0.830. The fraction of sp³-hybridized carbons (Fsp3) is 0.345. The number of methoxy groups -OCH3 is 2. The van der Waals surface area contributed by atoms with Crippen LogP contribution in [0.25, 0.3) is 0 Å². The highest BCUT2D eigenvalue weighted by atomic mass is 32.1. The lowest BCUT2D eigenvalue weighted by Gasteiger charge is -2.26. The fourth-order valence-corrected chi connectivity index (χ4v) is 10.9. The highest BCUT2D eigenvalue weighted by molar-refractivity contribution is 7.81. The van der Waals surface area contributed by atoms with E-state index >= 15 is 0 Å². The third kappa shape index (κ3) is 11.4. The number of unbranched alkanes of at least 4 members (excludes halogenated alkanes) is 1. The van der Waals surface area contributed by atoms with Crippen molar-refractivity contribution in [3.63, 3.8) is 0 Å². The second-order valence-electron chi connectivity index (χ2n) is 20.2. The molecule has 5 aromatic carbocycles. The number of imide groups is 1. The van der Waals surface area contributed by atoms with Crippen LogP contribution in [0.3, 0.4) is 0 Å². The van der Waals surface area contributed by atoms with Crippen LogP contribution in [0, 0.1) is 0 Å². The van der Waals surface area contributed by atoms with E-state index in [4.69, 9.17) is 36.4 Å². The standard InChI is InChI=1S/C58H60N8O13S/c1-31(60-50(67)15-9-10-16-53(70)79-66-51(68)17-18-52(66)69)54(71)61-32(2)55(72)62-37-20-33(29-77-48-26-41-39(24-46(48)75-3)57(73)64-38(28-59-41)22-35-11-5-7-13-43(35)64)19-34(21-37)30-78-49-27-42-40(25-47(49)76-4)58(74)65-44-14-8-6-12-36(44)23-45(65)56(80)63-42/h5-8,11-14,19-21,24-27,31-32,38,45,56,59,63,80H,9-10,15-18,22-23,28-30H2,1-4H3,(H,60,67)(H,61,71)(H,62,72)/t31-,32-,38+,45+,56?/m0/s1. The van der Waals surface area contributed by atoms with Gasteiger partial charge in [0.05, 0.1) is 54.2 Å². The molecule has 10 rings (SSSR count). The average Bonchev–Trinajstić information content (AvgIpc) is 4.04. The van der Waals surface area contributed by atoms with E-state index in [0.717, 1.165) is 22.5 Å². The van der Waals surface area contributed by atoms with Crippen molar-refractivity contribution in [3.8, 4) is 23.0 Å². The Kier molecular flexibility index (Phi) is 15.9. The van der Waals surface area contributed by atoms with E-state index in [9.17, 15) is 38.4 Å². The number of hydroxylamine groups is 2. The van der Waals surface area contributed by atoms with E-state index in [2.05, 4.69) is 26.6 Å². The Morgan fingerprint density at radius 1 is 0.662 bits per heavy atom. The molecular weight excluding hydrogens is 1050 g/mol. The molecule has 5 aromatic rings. The van der Waals surface area contributed by atoms with E-state index in [1.165, 1.54) is 28.1 Å². The Morgan fingerprint density at radius 3 is 1.88 bits per heavy atom. The summed E-state index contributed by atoms with van der Waals surface area (Å²) in [6.07, 6.45) is 1.63. The van der Waals surface area contributed by atoms with Crippen molar-refractivity contribution in [1.82, 2.24) is 15.7 Å². The van der Waals surface area contributed by atoms with Crippen LogP contribution < -0.4 is 55.3 Å². The van der Waals surface area contributed by atoms with Crippen LogP contribution in [0.2, 0.25) is 0 Å². The van der Waals surface area contributed by atoms with Crippen molar-refractivity contribution < 1.29 is 62.1 Å². The lowest BCUT2D eigenvalue weighted by molar-refractivity contribution is -0.197. The molecule has 5 N–H and O–H groups in total. The summed E-state index contributed by atoms with van der Waals surface area (Å²) in [5, 5.41) is 15.1. The monoisotopic (exact) mass is 1110 g/mol. The number of fused-ring (bicyclic) bond motifs is 8. The summed E-state index contributed by atoms with van der Waals surface area (Å²) in [6.45, 7) is 3.40. The maximum atomic E-state index is 14.2. The van der Waals surface area contributed by atoms with Gasteiger partial charge in [-0.2, -0.15) is 12.6 Å². The topological polar surface area (TPSA) is 253 Å². The zero-order chi connectivity index (χ0) is 56.4. The van der Waals surface area contributed by atoms with E-state index in [-0.39, 0.29) is 75.6 Å². The highest BCUT2D eigenvalue weighted by Gasteiger charge is 2.42. The molecule has 5 heterocycles. The molecule has 0 saturated carbocycles. The molecule has 1 saturated heterocycles. The number of hydrogen-bond acceptors (Lipinski definition) is 16. The van der Waals surface area contributed by atoms with Gasteiger partial charge in [-0.25, -0.2) is 4.79 Å². The Hall–Kier alpha value is -8.79. The molecule has 416 valence electrons. The number of para-hydroxylation sites is 2. The molecule has 21 nitrogen and oxygen atoms in total. The summed E-state index contributed by atoms with van der Waals surface area (Å²) < 4.78 is 24.5. The molecule has 0 radical (unpaired) electrons. The molecule has 5 atom stereocenters. The molecule has 22 heteroatoms. The minimum absolute atomic E-state index is 0.0229. The molecule has 1 unspecified atom stereocenters. The maximum absolute atomic E-state index is 14.2. The zero-order valence-electron chi connectivity index (χ0n) is 44.4. The summed E-state index contributed by atoms with van der Waals surface area (Å²) in [4.78, 5) is 112. The van der Waals surface area contributed by atoms with E-state index in [0.29, 0.717) is 86.8 Å². The normalized spacial score (nSPS) is 18.3. The summed E-state index contributed by atoms with van der Waals surface area (Å²) >= 11 is 4.90. The number of carbonyl (C=O) groups excluding carboxylic acids is 8. The Bertz CT molecular complexity index is 3320. The molecule has 0 aliphatic carbocycles. The van der Waals surface area contributed by atoms with Crippen LogP contribution in [-0.4, -0.2) is 103 Å². The first-order valence-electron chi connectivity index (χ1n) is 26.4. The Morgan fingerprint density at radius 2 is 1.23 bits per heavy atom. The molecule has 1 fully saturated rings. The van der Waals surface area contributed by atoms with Gasteiger partial charge < -0.3 is 60.2 Å². The first kappa shape index (κ1) is 54.6. The van der Waals surface area contributed by atoms with Crippen LogP contribution in [0.15, 0.2) is 91.0 Å². The predicted molar refractivity (Wildman–Crippen MR) is 297 cm³/mol. The summed E-state index contributed by atoms with van der Waals surface area (Å²) in [5.41, 5.74) is 7.33. The number of benzene rings is 5. The van der Waals surface area contributed by atoms with Gasteiger partial charge in [-0.3, -0.25) is 33.6 Å². The Labute approximate surface area is 466 Å². The number of nitrogens with one attached hydrogen (secondary N) is 5. The number of anilines is 5. The number of rotatable bonds is 19. The largest absolute Gasteiger partial charge is 0.493 e.